The van der Waals surface area contributed by atoms with Gasteiger partial charge in [0.25, 0.3) is 0 Å². The van der Waals surface area contributed by atoms with Crippen LogP contribution in [0.1, 0.15) is 46.0 Å². The molecule has 0 bridgehead atoms. The predicted molar refractivity (Wildman–Crippen MR) is 88.2 cm³/mol. The van der Waals surface area contributed by atoms with Gasteiger partial charge in [0, 0.05) is 33.2 Å². The van der Waals surface area contributed by atoms with Crippen LogP contribution in [0.25, 0.3) is 0 Å². The standard InChI is InChI=1S/C15H28N6/c1-5-9-12-10-7-8-11-21(12)15-18-13(16-6-2)17-14(19-15)20(3)4/h12H,5-11H2,1-4H3,(H,16,17,18,19). The second-order valence-corrected chi connectivity index (χ2v) is 5.82. The van der Waals surface area contributed by atoms with Crippen LogP contribution in [0.5, 0.6) is 0 Å². The van der Waals surface area contributed by atoms with Gasteiger partial charge in [0.15, 0.2) is 0 Å². The summed E-state index contributed by atoms with van der Waals surface area (Å²) in [6.07, 6.45) is 6.19. The quantitative estimate of drug-likeness (QED) is 0.869. The Morgan fingerprint density at radius 3 is 2.67 bits per heavy atom. The van der Waals surface area contributed by atoms with Crippen LogP contribution in [0, 0.1) is 0 Å². The summed E-state index contributed by atoms with van der Waals surface area (Å²) in [5, 5.41) is 3.21. The molecule has 1 aliphatic rings. The highest BCUT2D eigenvalue weighted by Gasteiger charge is 2.25. The van der Waals surface area contributed by atoms with Crippen molar-refractivity contribution in [2.24, 2.45) is 0 Å². The third kappa shape index (κ3) is 3.95. The van der Waals surface area contributed by atoms with Gasteiger partial charge < -0.3 is 15.1 Å². The van der Waals surface area contributed by atoms with E-state index >= 15 is 0 Å². The minimum atomic E-state index is 0.565. The van der Waals surface area contributed by atoms with Crippen molar-refractivity contribution in [3.63, 3.8) is 0 Å². The van der Waals surface area contributed by atoms with Crippen molar-refractivity contribution in [2.75, 3.05) is 42.3 Å². The van der Waals surface area contributed by atoms with E-state index in [1.54, 1.807) is 0 Å². The maximum atomic E-state index is 4.66. The van der Waals surface area contributed by atoms with Gasteiger partial charge in [-0.05, 0) is 32.6 Å². The van der Waals surface area contributed by atoms with Gasteiger partial charge in [0.1, 0.15) is 0 Å². The zero-order valence-electron chi connectivity index (χ0n) is 13.8. The molecule has 1 atom stereocenters. The van der Waals surface area contributed by atoms with Gasteiger partial charge in [-0.25, -0.2) is 0 Å². The summed E-state index contributed by atoms with van der Waals surface area (Å²) >= 11 is 0. The van der Waals surface area contributed by atoms with E-state index in [0.29, 0.717) is 12.0 Å². The fourth-order valence-corrected chi connectivity index (χ4v) is 2.82. The molecule has 0 spiro atoms. The number of hydrogen-bond donors (Lipinski definition) is 1. The van der Waals surface area contributed by atoms with Gasteiger partial charge in [-0.1, -0.05) is 13.3 Å². The molecule has 0 saturated carbocycles. The Morgan fingerprint density at radius 1 is 1.19 bits per heavy atom. The molecule has 2 heterocycles. The number of nitrogens with zero attached hydrogens (tertiary/aromatic N) is 5. The Morgan fingerprint density at radius 2 is 2.00 bits per heavy atom. The molecule has 6 heteroatoms. The van der Waals surface area contributed by atoms with Crippen molar-refractivity contribution in [1.82, 2.24) is 15.0 Å². The fourth-order valence-electron chi connectivity index (χ4n) is 2.82. The van der Waals surface area contributed by atoms with Crippen molar-refractivity contribution < 1.29 is 0 Å². The first-order chi connectivity index (χ1) is 10.2. The van der Waals surface area contributed by atoms with Crippen molar-refractivity contribution in [3.05, 3.63) is 0 Å². The van der Waals surface area contributed by atoms with Crippen LogP contribution in [0.3, 0.4) is 0 Å². The van der Waals surface area contributed by atoms with Gasteiger partial charge in [-0.3, -0.25) is 0 Å². The number of aromatic nitrogens is 3. The Bertz CT molecular complexity index is 446. The first-order valence-electron chi connectivity index (χ1n) is 8.09. The summed E-state index contributed by atoms with van der Waals surface area (Å²) in [6.45, 7) is 6.16. The fraction of sp³-hybridized carbons (Fsp3) is 0.800. The summed E-state index contributed by atoms with van der Waals surface area (Å²) in [4.78, 5) is 18.1. The van der Waals surface area contributed by atoms with Crippen LogP contribution in [-0.2, 0) is 0 Å². The van der Waals surface area contributed by atoms with E-state index in [0.717, 1.165) is 25.0 Å². The Hall–Kier alpha value is -1.59. The van der Waals surface area contributed by atoms with Crippen molar-refractivity contribution >= 4 is 17.8 Å². The van der Waals surface area contributed by atoms with Gasteiger partial charge in [-0.15, -0.1) is 0 Å². The van der Waals surface area contributed by atoms with E-state index in [9.17, 15) is 0 Å². The molecule has 6 nitrogen and oxygen atoms in total. The monoisotopic (exact) mass is 292 g/mol. The van der Waals surface area contributed by atoms with E-state index in [-0.39, 0.29) is 0 Å². The minimum Gasteiger partial charge on any atom is -0.354 e. The van der Waals surface area contributed by atoms with Gasteiger partial charge >= 0.3 is 0 Å². The lowest BCUT2D eigenvalue weighted by atomic mass is 9.99. The molecule has 2 rings (SSSR count). The first kappa shape index (κ1) is 15.8. The molecule has 1 aromatic rings. The number of hydrogen-bond acceptors (Lipinski definition) is 6. The van der Waals surface area contributed by atoms with Gasteiger partial charge in [0.05, 0.1) is 0 Å². The third-order valence-electron chi connectivity index (χ3n) is 3.85. The van der Waals surface area contributed by atoms with Crippen LogP contribution in [-0.4, -0.2) is 48.2 Å². The lowest BCUT2D eigenvalue weighted by Gasteiger charge is -2.36. The van der Waals surface area contributed by atoms with Crippen LogP contribution >= 0.6 is 0 Å². The third-order valence-corrected chi connectivity index (χ3v) is 3.85. The molecular weight excluding hydrogens is 264 g/mol. The molecule has 1 aromatic heterocycles. The highest BCUT2D eigenvalue weighted by molar-refractivity contribution is 5.45. The van der Waals surface area contributed by atoms with Gasteiger partial charge in [-0.2, -0.15) is 15.0 Å². The average molecular weight is 292 g/mol. The Balaban J connectivity index is 2.30. The summed E-state index contributed by atoms with van der Waals surface area (Å²) in [5.74, 6) is 2.21. The maximum Gasteiger partial charge on any atom is 0.232 e. The molecule has 1 aliphatic heterocycles. The largest absolute Gasteiger partial charge is 0.354 e. The lowest BCUT2D eigenvalue weighted by Crippen LogP contribution is -2.41. The summed E-state index contributed by atoms with van der Waals surface area (Å²) in [6, 6.07) is 0.565. The normalized spacial score (nSPS) is 18.7. The molecule has 0 aliphatic carbocycles. The Kier molecular flexibility index (Phi) is 5.59. The molecule has 118 valence electrons. The van der Waals surface area contributed by atoms with Crippen LogP contribution in [0.2, 0.25) is 0 Å². The first-order valence-corrected chi connectivity index (χ1v) is 8.09. The van der Waals surface area contributed by atoms with Crippen LogP contribution in [0.4, 0.5) is 17.8 Å². The zero-order chi connectivity index (χ0) is 15.2. The summed E-state index contributed by atoms with van der Waals surface area (Å²) in [5.41, 5.74) is 0. The zero-order valence-corrected chi connectivity index (χ0v) is 13.8. The second kappa shape index (κ2) is 7.43. The number of anilines is 3. The van der Waals surface area contributed by atoms with Crippen LogP contribution in [0.15, 0.2) is 0 Å². The van der Waals surface area contributed by atoms with Crippen molar-refractivity contribution in [2.45, 2.75) is 52.0 Å². The lowest BCUT2D eigenvalue weighted by molar-refractivity contribution is 0.428. The molecule has 21 heavy (non-hydrogen) atoms. The molecule has 1 unspecified atom stereocenters. The molecule has 1 N–H and O–H groups in total. The number of piperidine rings is 1. The van der Waals surface area contributed by atoms with E-state index in [2.05, 4.69) is 39.0 Å². The van der Waals surface area contributed by atoms with Crippen molar-refractivity contribution in [1.29, 1.82) is 0 Å². The highest BCUT2D eigenvalue weighted by Crippen LogP contribution is 2.26. The van der Waals surface area contributed by atoms with E-state index < -0.39 is 0 Å². The van der Waals surface area contributed by atoms with E-state index in [1.807, 2.05) is 19.0 Å². The van der Waals surface area contributed by atoms with Crippen molar-refractivity contribution in [3.8, 4) is 0 Å². The summed E-state index contributed by atoms with van der Waals surface area (Å²) < 4.78 is 0. The SMILES string of the molecule is CCCC1CCCCN1c1nc(NCC)nc(N(C)C)n1. The van der Waals surface area contributed by atoms with Crippen LogP contribution < -0.4 is 15.1 Å². The topological polar surface area (TPSA) is 57.2 Å². The molecule has 1 saturated heterocycles. The minimum absolute atomic E-state index is 0.565. The van der Waals surface area contributed by atoms with E-state index in [1.165, 1.54) is 32.1 Å². The number of nitrogens with one attached hydrogen (secondary N) is 1. The highest BCUT2D eigenvalue weighted by atomic mass is 15.4. The molecule has 0 aromatic carbocycles. The predicted octanol–water partition coefficient (Wildman–Crippen LogP) is 2.53. The molecule has 0 radical (unpaired) electrons. The Labute approximate surface area is 128 Å². The number of rotatable bonds is 6. The molecular formula is C15H28N6. The molecule has 1 fully saturated rings. The van der Waals surface area contributed by atoms with E-state index in [4.69, 9.17) is 0 Å². The molecule has 0 amide bonds. The maximum absolute atomic E-state index is 4.66. The second-order valence-electron chi connectivity index (χ2n) is 5.82. The van der Waals surface area contributed by atoms with Gasteiger partial charge in [0.2, 0.25) is 17.8 Å². The average Bonchev–Trinajstić information content (AvgIpc) is 2.48. The summed E-state index contributed by atoms with van der Waals surface area (Å²) in [7, 11) is 3.93. The smallest absolute Gasteiger partial charge is 0.232 e.